The Bertz CT molecular complexity index is 584. The van der Waals surface area contributed by atoms with Crippen molar-refractivity contribution >= 4 is 11.6 Å². The Hall–Kier alpha value is -1.71. The van der Waals surface area contributed by atoms with E-state index in [1.807, 2.05) is 36.4 Å². The smallest absolute Gasteiger partial charge is 0.169 e. The summed E-state index contributed by atoms with van der Waals surface area (Å²) in [6.07, 6.45) is 0.931. The van der Waals surface area contributed by atoms with E-state index in [2.05, 4.69) is 13.8 Å². The number of nitrogens with two attached hydrogens (primary N) is 1. The van der Waals surface area contributed by atoms with Gasteiger partial charge in [0.1, 0.15) is 12.4 Å². The number of ether oxygens (including phenoxy) is 2. The first-order valence-electron chi connectivity index (χ1n) is 7.45. The van der Waals surface area contributed by atoms with E-state index in [1.165, 1.54) is 0 Å². The second kappa shape index (κ2) is 8.06. The molecule has 118 valence electrons. The van der Waals surface area contributed by atoms with Gasteiger partial charge in [-0.2, -0.15) is 0 Å². The van der Waals surface area contributed by atoms with Crippen LogP contribution in [0.3, 0.4) is 0 Å². The van der Waals surface area contributed by atoms with E-state index in [-0.39, 0.29) is 6.04 Å². The van der Waals surface area contributed by atoms with Gasteiger partial charge in [0.15, 0.2) is 11.5 Å². The second-order valence-electron chi connectivity index (χ2n) is 5.70. The molecule has 0 saturated heterocycles. The summed E-state index contributed by atoms with van der Waals surface area (Å²) in [6.45, 7) is 4.77. The van der Waals surface area contributed by atoms with Gasteiger partial charge < -0.3 is 15.2 Å². The molecule has 4 heteroatoms. The minimum absolute atomic E-state index is 0.0172. The molecule has 22 heavy (non-hydrogen) atoms. The van der Waals surface area contributed by atoms with Gasteiger partial charge in [-0.1, -0.05) is 37.6 Å². The van der Waals surface area contributed by atoms with Crippen LogP contribution in [0.4, 0.5) is 0 Å². The summed E-state index contributed by atoms with van der Waals surface area (Å²) >= 11 is 5.88. The largest absolute Gasteiger partial charge is 0.488 e. The molecule has 2 rings (SSSR count). The number of para-hydroxylation sites is 2. The molecule has 0 fully saturated rings. The van der Waals surface area contributed by atoms with Gasteiger partial charge in [-0.3, -0.25) is 0 Å². The normalized spacial score (nSPS) is 12.2. The Kier molecular flexibility index (Phi) is 6.10. The molecule has 0 aliphatic rings. The Labute approximate surface area is 137 Å². The Morgan fingerprint density at radius 3 is 2.27 bits per heavy atom. The molecule has 0 aromatic heterocycles. The first kappa shape index (κ1) is 16.7. The highest BCUT2D eigenvalue weighted by molar-refractivity contribution is 6.30. The molecule has 2 aromatic rings. The van der Waals surface area contributed by atoms with E-state index in [1.54, 1.807) is 12.1 Å². The van der Waals surface area contributed by atoms with E-state index >= 15 is 0 Å². The van der Waals surface area contributed by atoms with Gasteiger partial charge in [0.2, 0.25) is 0 Å². The van der Waals surface area contributed by atoms with E-state index in [4.69, 9.17) is 26.8 Å². The molecule has 2 N–H and O–H groups in total. The SMILES string of the molecule is CC(C)C[C@@H](N)COc1ccccc1Oc1ccc(Cl)cc1. The van der Waals surface area contributed by atoms with Gasteiger partial charge in [-0.15, -0.1) is 0 Å². The maximum atomic E-state index is 6.06. The quantitative estimate of drug-likeness (QED) is 0.790. The third-order valence-corrected chi connectivity index (χ3v) is 3.37. The molecule has 0 amide bonds. The fraction of sp³-hybridized carbons (Fsp3) is 0.333. The third kappa shape index (κ3) is 5.24. The monoisotopic (exact) mass is 319 g/mol. The van der Waals surface area contributed by atoms with Crippen molar-refractivity contribution in [2.24, 2.45) is 11.7 Å². The second-order valence-corrected chi connectivity index (χ2v) is 6.14. The minimum atomic E-state index is 0.0172. The fourth-order valence-corrected chi connectivity index (χ4v) is 2.28. The highest BCUT2D eigenvalue weighted by Gasteiger charge is 2.10. The van der Waals surface area contributed by atoms with Crippen LogP contribution >= 0.6 is 11.6 Å². The van der Waals surface area contributed by atoms with E-state index < -0.39 is 0 Å². The summed E-state index contributed by atoms with van der Waals surface area (Å²) in [7, 11) is 0. The molecule has 0 spiro atoms. The Morgan fingerprint density at radius 1 is 1.00 bits per heavy atom. The molecule has 0 heterocycles. The molecule has 2 aromatic carbocycles. The lowest BCUT2D eigenvalue weighted by Crippen LogP contribution is -2.29. The van der Waals surface area contributed by atoms with Crippen LogP contribution in [0.15, 0.2) is 48.5 Å². The Morgan fingerprint density at radius 2 is 1.64 bits per heavy atom. The summed E-state index contributed by atoms with van der Waals surface area (Å²) < 4.78 is 11.7. The zero-order chi connectivity index (χ0) is 15.9. The van der Waals surface area contributed by atoms with Crippen LogP contribution in [0.1, 0.15) is 20.3 Å². The predicted octanol–water partition coefficient (Wildman–Crippen LogP) is 4.88. The lowest BCUT2D eigenvalue weighted by molar-refractivity contribution is 0.262. The number of halogens is 1. The maximum Gasteiger partial charge on any atom is 0.169 e. The third-order valence-electron chi connectivity index (χ3n) is 3.12. The van der Waals surface area contributed by atoms with Gasteiger partial charge in [0, 0.05) is 11.1 Å². The van der Waals surface area contributed by atoms with Crippen LogP contribution in [-0.4, -0.2) is 12.6 Å². The van der Waals surface area contributed by atoms with Gasteiger partial charge >= 0.3 is 0 Å². The molecule has 3 nitrogen and oxygen atoms in total. The lowest BCUT2D eigenvalue weighted by atomic mass is 10.1. The number of rotatable bonds is 7. The summed E-state index contributed by atoms with van der Waals surface area (Å²) in [5.41, 5.74) is 6.06. The topological polar surface area (TPSA) is 44.5 Å². The maximum absolute atomic E-state index is 6.06. The van der Waals surface area contributed by atoms with Gasteiger partial charge in [-0.05, 0) is 48.7 Å². The number of benzene rings is 2. The zero-order valence-electron chi connectivity index (χ0n) is 13.0. The molecule has 0 radical (unpaired) electrons. The van der Waals surface area contributed by atoms with Crippen molar-refractivity contribution in [3.05, 3.63) is 53.6 Å². The molecule has 0 saturated carbocycles. The van der Waals surface area contributed by atoms with E-state index in [9.17, 15) is 0 Å². The van der Waals surface area contributed by atoms with E-state index in [0.717, 1.165) is 6.42 Å². The van der Waals surface area contributed by atoms with Crippen LogP contribution in [0.5, 0.6) is 17.2 Å². The van der Waals surface area contributed by atoms with Gasteiger partial charge in [-0.25, -0.2) is 0 Å². The van der Waals surface area contributed by atoms with E-state index in [0.29, 0.717) is 34.8 Å². The molecule has 0 aliphatic carbocycles. The van der Waals surface area contributed by atoms with Crippen LogP contribution < -0.4 is 15.2 Å². The zero-order valence-corrected chi connectivity index (χ0v) is 13.7. The fourth-order valence-electron chi connectivity index (χ4n) is 2.15. The minimum Gasteiger partial charge on any atom is -0.488 e. The van der Waals surface area contributed by atoms with Crippen molar-refractivity contribution in [1.82, 2.24) is 0 Å². The van der Waals surface area contributed by atoms with Crippen LogP contribution in [-0.2, 0) is 0 Å². The van der Waals surface area contributed by atoms with Crippen molar-refractivity contribution in [3.63, 3.8) is 0 Å². The molecular weight excluding hydrogens is 298 g/mol. The van der Waals surface area contributed by atoms with Crippen LogP contribution in [0.25, 0.3) is 0 Å². The highest BCUT2D eigenvalue weighted by atomic mass is 35.5. The summed E-state index contributed by atoms with van der Waals surface area (Å²) in [6, 6.07) is 14.8. The lowest BCUT2D eigenvalue weighted by Gasteiger charge is -2.17. The van der Waals surface area contributed by atoms with Crippen molar-refractivity contribution in [1.29, 1.82) is 0 Å². The average molecular weight is 320 g/mol. The first-order chi connectivity index (χ1) is 10.5. The molecule has 1 atom stereocenters. The standard InChI is InChI=1S/C18H22ClNO2/c1-13(2)11-15(20)12-21-17-5-3-4-6-18(17)22-16-9-7-14(19)8-10-16/h3-10,13,15H,11-12,20H2,1-2H3/t15-/m1/s1. The van der Waals surface area contributed by atoms with Crippen molar-refractivity contribution in [2.45, 2.75) is 26.3 Å². The molecule has 0 bridgehead atoms. The summed E-state index contributed by atoms with van der Waals surface area (Å²) in [5.74, 6) is 2.63. The van der Waals surface area contributed by atoms with Crippen molar-refractivity contribution in [3.8, 4) is 17.2 Å². The van der Waals surface area contributed by atoms with Crippen LogP contribution in [0, 0.1) is 5.92 Å². The van der Waals surface area contributed by atoms with Crippen molar-refractivity contribution < 1.29 is 9.47 Å². The summed E-state index contributed by atoms with van der Waals surface area (Å²) in [4.78, 5) is 0. The summed E-state index contributed by atoms with van der Waals surface area (Å²) in [5, 5.41) is 0.677. The Balaban J connectivity index is 2.02. The average Bonchev–Trinajstić information content (AvgIpc) is 2.48. The van der Waals surface area contributed by atoms with Gasteiger partial charge in [0.25, 0.3) is 0 Å². The number of hydrogen-bond acceptors (Lipinski definition) is 3. The molecule has 0 aliphatic heterocycles. The highest BCUT2D eigenvalue weighted by Crippen LogP contribution is 2.31. The van der Waals surface area contributed by atoms with Crippen molar-refractivity contribution in [2.75, 3.05) is 6.61 Å². The first-order valence-corrected chi connectivity index (χ1v) is 7.83. The van der Waals surface area contributed by atoms with Crippen LogP contribution in [0.2, 0.25) is 5.02 Å². The molecular formula is C18H22ClNO2. The van der Waals surface area contributed by atoms with Gasteiger partial charge in [0.05, 0.1) is 0 Å². The molecule has 0 unspecified atom stereocenters. The number of hydrogen-bond donors (Lipinski definition) is 1. The predicted molar refractivity (Wildman–Crippen MR) is 90.9 cm³/mol.